The zero-order valence-corrected chi connectivity index (χ0v) is 22.2. The highest BCUT2D eigenvalue weighted by atomic mass is 32.2. The quantitative estimate of drug-likeness (QED) is 0.279. The van der Waals surface area contributed by atoms with Crippen LogP contribution in [0.4, 0.5) is 5.82 Å². The van der Waals surface area contributed by atoms with Crippen molar-refractivity contribution in [2.45, 2.75) is 57.9 Å². The number of hydrogen-bond acceptors (Lipinski definition) is 8. The Morgan fingerprint density at radius 2 is 1.97 bits per heavy atom. The Morgan fingerprint density at radius 3 is 2.71 bits per heavy atom. The summed E-state index contributed by atoms with van der Waals surface area (Å²) in [7, 11) is -3.17. The number of nitrogens with one attached hydrogen (secondary N) is 1. The number of thioether (sulfide) groups is 1. The second-order valence-electron chi connectivity index (χ2n) is 8.91. The van der Waals surface area contributed by atoms with Crippen molar-refractivity contribution in [1.82, 2.24) is 14.3 Å². The summed E-state index contributed by atoms with van der Waals surface area (Å²) in [4.78, 5) is 32.9. The lowest BCUT2D eigenvalue weighted by Gasteiger charge is -2.20. The molecule has 11 heteroatoms. The molecule has 0 aliphatic carbocycles. The van der Waals surface area contributed by atoms with Crippen LogP contribution in [0.3, 0.4) is 0 Å². The van der Waals surface area contributed by atoms with Crippen molar-refractivity contribution in [2.24, 2.45) is 0 Å². The van der Waals surface area contributed by atoms with E-state index in [0.717, 1.165) is 24.6 Å². The lowest BCUT2D eigenvalue weighted by atomic mass is 10.1. The Balaban J connectivity index is 1.59. The molecular weight excluding hydrogens is 504 g/mol. The summed E-state index contributed by atoms with van der Waals surface area (Å²) in [6.45, 7) is 2.86. The van der Waals surface area contributed by atoms with E-state index in [1.165, 1.54) is 35.0 Å². The van der Waals surface area contributed by atoms with Crippen molar-refractivity contribution in [1.29, 1.82) is 0 Å². The molecule has 0 saturated carbocycles. The molecule has 188 valence electrons. The van der Waals surface area contributed by atoms with Crippen LogP contribution < -0.4 is 10.9 Å². The SMILES string of the molecule is CCCCCCCCNc1nc2ccccn2c(=O)c1/C=C1/SC(=S)N(C2CCS(=O)(=O)C2)C1=O. The molecule has 8 nitrogen and oxygen atoms in total. The normalized spacial score (nSPS) is 20.9. The molecule has 1 N–H and O–H groups in total. The summed E-state index contributed by atoms with van der Waals surface area (Å²) in [5, 5.41) is 3.30. The first kappa shape index (κ1) is 25.8. The number of carbonyl (C=O) groups excluding carboxylic acids is 1. The standard InChI is InChI=1S/C24H30N4O4S3/c1-2-3-4-5-6-8-12-25-21-18(22(29)27-13-9-7-10-20(27)26-21)15-19-23(30)28(24(33)34-19)17-11-14-35(31,32)16-17/h7,9-10,13,15,17,25H,2-6,8,11-12,14,16H2,1H3/b19-15+. The van der Waals surface area contributed by atoms with Gasteiger partial charge in [0.05, 0.1) is 28.0 Å². The molecule has 2 aliphatic heterocycles. The van der Waals surface area contributed by atoms with Crippen LogP contribution in [0.15, 0.2) is 34.1 Å². The van der Waals surface area contributed by atoms with Crippen LogP contribution in [0.2, 0.25) is 0 Å². The molecule has 0 bridgehead atoms. The van der Waals surface area contributed by atoms with Gasteiger partial charge >= 0.3 is 0 Å². The molecule has 4 rings (SSSR count). The lowest BCUT2D eigenvalue weighted by Crippen LogP contribution is -2.39. The van der Waals surface area contributed by atoms with Crippen molar-refractivity contribution in [3.63, 3.8) is 0 Å². The predicted octanol–water partition coefficient (Wildman–Crippen LogP) is 3.86. The molecular formula is C24H30N4O4S3. The van der Waals surface area contributed by atoms with E-state index in [1.807, 2.05) is 6.07 Å². The van der Waals surface area contributed by atoms with Gasteiger partial charge in [0.1, 0.15) is 15.8 Å². The van der Waals surface area contributed by atoms with Gasteiger partial charge in [-0.25, -0.2) is 13.4 Å². The fraction of sp³-hybridized carbons (Fsp3) is 0.500. The molecule has 2 saturated heterocycles. The molecule has 2 aromatic heterocycles. The van der Waals surface area contributed by atoms with Crippen LogP contribution in [-0.2, 0) is 14.6 Å². The summed E-state index contributed by atoms with van der Waals surface area (Å²) in [6, 6.07) is 4.88. The van der Waals surface area contributed by atoms with Gasteiger partial charge in [-0.1, -0.05) is 69.1 Å². The Morgan fingerprint density at radius 1 is 1.20 bits per heavy atom. The molecule has 1 unspecified atom stereocenters. The fourth-order valence-corrected chi connectivity index (χ4v) is 7.47. The average Bonchev–Trinajstić information content (AvgIpc) is 3.32. The van der Waals surface area contributed by atoms with Crippen molar-refractivity contribution < 1.29 is 13.2 Å². The van der Waals surface area contributed by atoms with Crippen LogP contribution in [0, 0.1) is 0 Å². The number of nitrogens with zero attached hydrogens (tertiary/aromatic N) is 3. The van der Waals surface area contributed by atoms with Crippen LogP contribution in [0.25, 0.3) is 11.7 Å². The number of fused-ring (bicyclic) bond motifs is 1. The number of rotatable bonds is 10. The minimum Gasteiger partial charge on any atom is -0.369 e. The van der Waals surface area contributed by atoms with E-state index in [9.17, 15) is 18.0 Å². The van der Waals surface area contributed by atoms with E-state index >= 15 is 0 Å². The van der Waals surface area contributed by atoms with E-state index in [1.54, 1.807) is 24.4 Å². The Kier molecular flexibility index (Phi) is 8.28. The number of hydrogen-bond donors (Lipinski definition) is 1. The minimum atomic E-state index is -3.17. The third-order valence-electron chi connectivity index (χ3n) is 6.26. The zero-order chi connectivity index (χ0) is 25.0. The molecule has 4 heterocycles. The second-order valence-corrected chi connectivity index (χ2v) is 12.8. The highest BCUT2D eigenvalue weighted by molar-refractivity contribution is 8.26. The number of anilines is 1. The second kappa shape index (κ2) is 11.2. The first-order valence-corrected chi connectivity index (χ1v) is 15.1. The Bertz CT molecular complexity index is 1320. The number of sulfone groups is 1. The summed E-state index contributed by atoms with van der Waals surface area (Å²) in [5.74, 6) is 0.0405. The monoisotopic (exact) mass is 534 g/mol. The molecule has 0 aromatic carbocycles. The lowest BCUT2D eigenvalue weighted by molar-refractivity contribution is -0.123. The summed E-state index contributed by atoms with van der Waals surface area (Å²) in [5.41, 5.74) is 0.526. The topological polar surface area (TPSA) is 101 Å². The molecule has 35 heavy (non-hydrogen) atoms. The van der Waals surface area contributed by atoms with Gasteiger partial charge in [-0.3, -0.25) is 18.9 Å². The van der Waals surface area contributed by atoms with Crippen molar-refractivity contribution in [3.05, 3.63) is 45.2 Å². The maximum absolute atomic E-state index is 13.3. The third-order valence-corrected chi connectivity index (χ3v) is 9.35. The third kappa shape index (κ3) is 5.95. The summed E-state index contributed by atoms with van der Waals surface area (Å²) in [6.07, 6.45) is 10.5. The van der Waals surface area contributed by atoms with E-state index in [4.69, 9.17) is 12.2 Å². The molecule has 1 atom stereocenters. The molecule has 2 aromatic rings. The van der Waals surface area contributed by atoms with Crippen LogP contribution in [0.5, 0.6) is 0 Å². The number of amides is 1. The van der Waals surface area contributed by atoms with Gasteiger partial charge in [-0.15, -0.1) is 0 Å². The van der Waals surface area contributed by atoms with Crippen molar-refractivity contribution in [3.8, 4) is 0 Å². The van der Waals surface area contributed by atoms with E-state index in [-0.39, 0.29) is 23.0 Å². The van der Waals surface area contributed by atoms with Gasteiger partial charge in [-0.2, -0.15) is 0 Å². The van der Waals surface area contributed by atoms with Crippen molar-refractivity contribution in [2.75, 3.05) is 23.4 Å². The first-order valence-electron chi connectivity index (χ1n) is 12.0. The highest BCUT2D eigenvalue weighted by Gasteiger charge is 2.42. The Hall–Kier alpha value is -2.24. The van der Waals surface area contributed by atoms with Gasteiger partial charge in [0, 0.05) is 12.7 Å². The largest absolute Gasteiger partial charge is 0.369 e. The fourth-order valence-electron chi connectivity index (χ4n) is 4.38. The van der Waals surface area contributed by atoms with Gasteiger partial charge in [0.2, 0.25) is 0 Å². The number of unbranched alkanes of at least 4 members (excludes halogenated alkanes) is 5. The minimum absolute atomic E-state index is 0.0518. The van der Waals surface area contributed by atoms with Gasteiger partial charge < -0.3 is 5.32 Å². The van der Waals surface area contributed by atoms with Gasteiger partial charge in [0.25, 0.3) is 11.5 Å². The maximum Gasteiger partial charge on any atom is 0.267 e. The predicted molar refractivity (Wildman–Crippen MR) is 145 cm³/mol. The van der Waals surface area contributed by atoms with Crippen LogP contribution >= 0.6 is 24.0 Å². The molecule has 1 amide bonds. The number of pyridine rings is 1. The van der Waals surface area contributed by atoms with Gasteiger partial charge in [-0.05, 0) is 31.1 Å². The van der Waals surface area contributed by atoms with Crippen LogP contribution in [-0.4, -0.2) is 57.0 Å². The smallest absolute Gasteiger partial charge is 0.267 e. The zero-order valence-electron chi connectivity index (χ0n) is 19.7. The van der Waals surface area contributed by atoms with Gasteiger partial charge in [0.15, 0.2) is 9.84 Å². The number of thiocarbonyl (C=S) groups is 1. The molecule has 2 aliphatic rings. The Labute approximate surface area is 215 Å². The molecule has 2 fully saturated rings. The number of aromatic nitrogens is 2. The summed E-state index contributed by atoms with van der Waals surface area (Å²) < 4.78 is 25.6. The van der Waals surface area contributed by atoms with E-state index in [2.05, 4.69) is 17.2 Å². The maximum atomic E-state index is 13.3. The van der Waals surface area contributed by atoms with E-state index < -0.39 is 15.9 Å². The number of carbonyl (C=O) groups is 1. The van der Waals surface area contributed by atoms with Crippen LogP contribution in [0.1, 0.15) is 57.4 Å². The highest BCUT2D eigenvalue weighted by Crippen LogP contribution is 2.36. The molecule has 0 radical (unpaired) electrons. The average molecular weight is 535 g/mol. The molecule has 0 spiro atoms. The van der Waals surface area contributed by atoms with Crippen molar-refractivity contribution >= 4 is 61.6 Å². The first-order chi connectivity index (χ1) is 16.8. The van der Waals surface area contributed by atoms with E-state index in [0.29, 0.717) is 39.2 Å². The summed E-state index contributed by atoms with van der Waals surface area (Å²) >= 11 is 6.51.